The number of hydrogen-bond acceptors (Lipinski definition) is 3. The number of alkyl halides is 3. The lowest BCUT2D eigenvalue weighted by Crippen LogP contribution is -2.39. The zero-order valence-electron chi connectivity index (χ0n) is 9.28. The molecule has 1 aliphatic rings. The van der Waals surface area contributed by atoms with Gasteiger partial charge >= 0.3 is 6.18 Å². The first-order valence-electron chi connectivity index (χ1n) is 5.66. The first-order chi connectivity index (χ1) is 7.58. The summed E-state index contributed by atoms with van der Waals surface area (Å²) in [7, 11) is 0. The maximum Gasteiger partial charge on any atom is 0.389 e. The number of hydrogen-bond donors (Lipinski definition) is 2. The molecule has 1 atom stereocenters. The molecule has 16 heavy (non-hydrogen) atoms. The monoisotopic (exact) mass is 256 g/mol. The summed E-state index contributed by atoms with van der Waals surface area (Å²) in [5.74, 6) is 2.28. The third-order valence-electron chi connectivity index (χ3n) is 2.48. The minimum atomic E-state index is -4.01. The van der Waals surface area contributed by atoms with Gasteiger partial charge in [-0.1, -0.05) is 0 Å². The summed E-state index contributed by atoms with van der Waals surface area (Å²) in [6, 6.07) is 0.522. The fourth-order valence-corrected chi connectivity index (χ4v) is 2.62. The molecule has 2 nitrogen and oxygen atoms in total. The Bertz CT molecular complexity index is 181. The van der Waals surface area contributed by atoms with Crippen molar-refractivity contribution in [3.63, 3.8) is 0 Å². The molecule has 0 aromatic carbocycles. The van der Waals surface area contributed by atoms with E-state index < -0.39 is 12.6 Å². The first-order valence-corrected chi connectivity index (χ1v) is 6.82. The summed E-state index contributed by atoms with van der Waals surface area (Å²) in [5.41, 5.74) is 0. The molecule has 1 rings (SSSR count). The van der Waals surface area contributed by atoms with E-state index in [0.29, 0.717) is 12.6 Å². The summed E-state index contributed by atoms with van der Waals surface area (Å²) in [4.78, 5) is 0. The SMILES string of the molecule is FC(F)(F)CCCNCCC1CSCCN1. The van der Waals surface area contributed by atoms with Crippen LogP contribution in [-0.2, 0) is 0 Å². The van der Waals surface area contributed by atoms with Gasteiger partial charge in [0.15, 0.2) is 0 Å². The van der Waals surface area contributed by atoms with Gasteiger partial charge in [-0.05, 0) is 25.9 Å². The van der Waals surface area contributed by atoms with Crippen molar-refractivity contribution in [1.29, 1.82) is 0 Å². The Labute approximate surface area is 98.7 Å². The van der Waals surface area contributed by atoms with Crippen LogP contribution in [0.1, 0.15) is 19.3 Å². The lowest BCUT2D eigenvalue weighted by Gasteiger charge is -2.23. The summed E-state index contributed by atoms with van der Waals surface area (Å²) in [6.07, 6.45) is -3.52. The summed E-state index contributed by atoms with van der Waals surface area (Å²) < 4.78 is 35.4. The van der Waals surface area contributed by atoms with Crippen LogP contribution in [0.5, 0.6) is 0 Å². The van der Waals surface area contributed by atoms with E-state index >= 15 is 0 Å². The molecular weight excluding hydrogens is 237 g/mol. The van der Waals surface area contributed by atoms with Gasteiger partial charge in [0, 0.05) is 30.5 Å². The second-order valence-corrected chi connectivity index (χ2v) is 5.13. The molecule has 96 valence electrons. The highest BCUT2D eigenvalue weighted by molar-refractivity contribution is 7.99. The smallest absolute Gasteiger partial charge is 0.317 e. The highest BCUT2D eigenvalue weighted by atomic mass is 32.2. The van der Waals surface area contributed by atoms with E-state index in [-0.39, 0.29) is 6.42 Å². The van der Waals surface area contributed by atoms with E-state index in [9.17, 15) is 13.2 Å². The molecule has 0 spiro atoms. The summed E-state index contributed by atoms with van der Waals surface area (Å²) in [6.45, 7) is 2.30. The molecule has 0 saturated carbocycles. The molecule has 0 bridgehead atoms. The Kier molecular flexibility index (Phi) is 6.53. The maximum atomic E-state index is 11.8. The number of nitrogens with one attached hydrogen (secondary N) is 2. The lowest BCUT2D eigenvalue weighted by molar-refractivity contribution is -0.135. The van der Waals surface area contributed by atoms with Gasteiger partial charge < -0.3 is 10.6 Å². The Hall–Kier alpha value is 0.0600. The van der Waals surface area contributed by atoms with Crippen LogP contribution in [0.2, 0.25) is 0 Å². The van der Waals surface area contributed by atoms with E-state index in [1.54, 1.807) is 0 Å². The molecule has 0 radical (unpaired) electrons. The molecule has 6 heteroatoms. The molecule has 0 amide bonds. The average Bonchev–Trinajstić information content (AvgIpc) is 2.23. The molecule has 1 fully saturated rings. The van der Waals surface area contributed by atoms with Crippen molar-refractivity contribution in [3.05, 3.63) is 0 Å². The van der Waals surface area contributed by atoms with Gasteiger partial charge in [-0.3, -0.25) is 0 Å². The van der Waals surface area contributed by atoms with Gasteiger partial charge in [0.25, 0.3) is 0 Å². The van der Waals surface area contributed by atoms with Crippen LogP contribution < -0.4 is 10.6 Å². The minimum Gasteiger partial charge on any atom is -0.317 e. The van der Waals surface area contributed by atoms with Crippen LogP contribution >= 0.6 is 11.8 Å². The Balaban J connectivity index is 1.87. The van der Waals surface area contributed by atoms with Crippen molar-refractivity contribution in [1.82, 2.24) is 10.6 Å². The standard InChI is InChI=1S/C10H19F3N2S/c11-10(12,13)3-1-4-14-5-2-9-8-16-7-6-15-9/h9,14-15H,1-8H2. The number of thioether (sulfide) groups is 1. The van der Waals surface area contributed by atoms with Crippen molar-refractivity contribution in [2.75, 3.05) is 31.1 Å². The predicted octanol–water partition coefficient (Wildman–Crippen LogP) is 2.01. The molecule has 1 heterocycles. The Morgan fingerprint density at radius 2 is 2.12 bits per heavy atom. The molecule has 1 unspecified atom stereocenters. The van der Waals surface area contributed by atoms with Crippen LogP contribution in [-0.4, -0.2) is 43.4 Å². The Morgan fingerprint density at radius 1 is 1.31 bits per heavy atom. The summed E-state index contributed by atoms with van der Waals surface area (Å²) in [5, 5.41) is 6.45. The van der Waals surface area contributed by atoms with Crippen LogP contribution in [0, 0.1) is 0 Å². The van der Waals surface area contributed by atoms with E-state index in [0.717, 1.165) is 31.0 Å². The molecule has 0 aliphatic carbocycles. The lowest BCUT2D eigenvalue weighted by atomic mass is 10.2. The fraction of sp³-hybridized carbons (Fsp3) is 1.00. The highest BCUT2D eigenvalue weighted by Crippen LogP contribution is 2.20. The van der Waals surface area contributed by atoms with Crippen molar-refractivity contribution < 1.29 is 13.2 Å². The minimum absolute atomic E-state index is 0.177. The second-order valence-electron chi connectivity index (χ2n) is 3.98. The maximum absolute atomic E-state index is 11.8. The number of rotatable bonds is 6. The Morgan fingerprint density at radius 3 is 2.75 bits per heavy atom. The summed E-state index contributed by atoms with van der Waals surface area (Å²) >= 11 is 1.94. The molecule has 1 saturated heterocycles. The predicted molar refractivity (Wildman–Crippen MR) is 61.9 cm³/mol. The van der Waals surface area contributed by atoms with E-state index in [1.165, 1.54) is 0 Å². The van der Waals surface area contributed by atoms with E-state index in [2.05, 4.69) is 10.6 Å². The van der Waals surface area contributed by atoms with Crippen molar-refractivity contribution >= 4 is 11.8 Å². The van der Waals surface area contributed by atoms with Crippen molar-refractivity contribution in [3.8, 4) is 0 Å². The molecule has 0 aromatic heterocycles. The van der Waals surface area contributed by atoms with Crippen molar-refractivity contribution in [2.24, 2.45) is 0 Å². The van der Waals surface area contributed by atoms with E-state index in [4.69, 9.17) is 0 Å². The van der Waals surface area contributed by atoms with Crippen molar-refractivity contribution in [2.45, 2.75) is 31.5 Å². The van der Waals surface area contributed by atoms with Crippen LogP contribution in [0.25, 0.3) is 0 Å². The van der Waals surface area contributed by atoms with E-state index in [1.807, 2.05) is 11.8 Å². The molecule has 1 aliphatic heterocycles. The second kappa shape index (κ2) is 7.40. The van der Waals surface area contributed by atoms with Crippen LogP contribution in [0.4, 0.5) is 13.2 Å². The van der Waals surface area contributed by atoms with Crippen LogP contribution in [0.3, 0.4) is 0 Å². The topological polar surface area (TPSA) is 24.1 Å². The third-order valence-corrected chi connectivity index (χ3v) is 3.61. The quantitative estimate of drug-likeness (QED) is 0.711. The zero-order chi connectivity index (χ0) is 11.9. The molecule has 2 N–H and O–H groups in total. The largest absolute Gasteiger partial charge is 0.389 e. The van der Waals surface area contributed by atoms with Gasteiger partial charge in [0.1, 0.15) is 0 Å². The zero-order valence-corrected chi connectivity index (χ0v) is 10.1. The van der Waals surface area contributed by atoms with Gasteiger partial charge in [-0.15, -0.1) is 0 Å². The first kappa shape index (κ1) is 14.1. The van der Waals surface area contributed by atoms with Gasteiger partial charge in [0.2, 0.25) is 0 Å². The third kappa shape index (κ3) is 7.35. The normalized spacial score (nSPS) is 22.3. The molecular formula is C10H19F3N2S. The van der Waals surface area contributed by atoms with Gasteiger partial charge in [0.05, 0.1) is 0 Å². The van der Waals surface area contributed by atoms with Crippen LogP contribution in [0.15, 0.2) is 0 Å². The van der Waals surface area contributed by atoms with Gasteiger partial charge in [-0.25, -0.2) is 0 Å². The average molecular weight is 256 g/mol. The molecule has 0 aromatic rings. The fourth-order valence-electron chi connectivity index (χ4n) is 1.62. The number of halogens is 3. The highest BCUT2D eigenvalue weighted by Gasteiger charge is 2.25. The van der Waals surface area contributed by atoms with Gasteiger partial charge in [-0.2, -0.15) is 24.9 Å².